The molecule has 0 bridgehead atoms. The fourth-order valence-electron chi connectivity index (χ4n) is 2.80. The van der Waals surface area contributed by atoms with Crippen molar-refractivity contribution in [3.05, 3.63) is 58.6 Å². The number of amides is 3. The maximum atomic E-state index is 12.9. The molecule has 1 aromatic heterocycles. The van der Waals surface area contributed by atoms with Crippen LogP contribution >= 0.6 is 27.3 Å². The van der Waals surface area contributed by atoms with Crippen molar-refractivity contribution in [1.82, 2.24) is 15.5 Å². The van der Waals surface area contributed by atoms with E-state index in [2.05, 4.69) is 42.1 Å². The quantitative estimate of drug-likeness (QED) is 0.410. The summed E-state index contributed by atoms with van der Waals surface area (Å²) < 4.78 is 0.959. The normalized spacial score (nSPS) is 12.3. The summed E-state index contributed by atoms with van der Waals surface area (Å²) in [5.74, 6) is -0.478. The second-order valence-corrected chi connectivity index (χ2v) is 8.95. The van der Waals surface area contributed by atoms with Gasteiger partial charge >= 0.3 is 6.03 Å². The summed E-state index contributed by atoms with van der Waals surface area (Å²) in [5.41, 5.74) is 1.91. The number of nitrogens with one attached hydrogen (secondary N) is 3. The van der Waals surface area contributed by atoms with Crippen molar-refractivity contribution < 1.29 is 9.59 Å². The summed E-state index contributed by atoms with van der Waals surface area (Å²) in [4.78, 5) is 25.4. The van der Waals surface area contributed by atoms with Gasteiger partial charge in [0.15, 0.2) is 0 Å². The van der Waals surface area contributed by atoms with Gasteiger partial charge in [-0.2, -0.15) is 5.26 Å². The highest BCUT2D eigenvalue weighted by Gasteiger charge is 2.27. The molecule has 8 nitrogen and oxygen atoms in total. The summed E-state index contributed by atoms with van der Waals surface area (Å²) >= 11 is 4.65. The minimum absolute atomic E-state index is 0.111. The average molecular weight is 513 g/mol. The number of rotatable bonds is 7. The number of nitrogens with zero attached hydrogens (tertiary/aromatic N) is 3. The Kier molecular flexibility index (Phi) is 7.92. The van der Waals surface area contributed by atoms with E-state index >= 15 is 0 Å². The van der Waals surface area contributed by atoms with E-state index in [-0.39, 0.29) is 11.8 Å². The zero-order chi connectivity index (χ0) is 23.1. The molecular weight excluding hydrogens is 492 g/mol. The van der Waals surface area contributed by atoms with Crippen molar-refractivity contribution in [3.63, 3.8) is 0 Å². The molecule has 2 atom stereocenters. The maximum absolute atomic E-state index is 12.9. The lowest BCUT2D eigenvalue weighted by Crippen LogP contribution is -2.49. The number of halogens is 1. The van der Waals surface area contributed by atoms with Gasteiger partial charge in [-0.1, -0.05) is 59.7 Å². The molecule has 0 aliphatic heterocycles. The third-order valence-corrected chi connectivity index (χ3v) is 6.22. The molecule has 2 aromatic carbocycles. The van der Waals surface area contributed by atoms with E-state index in [4.69, 9.17) is 5.26 Å². The second kappa shape index (κ2) is 10.8. The number of carbonyl (C=O) groups excluding carboxylic acids is 2. The molecule has 0 spiro atoms. The zero-order valence-electron chi connectivity index (χ0n) is 17.4. The van der Waals surface area contributed by atoms with Gasteiger partial charge in [0.25, 0.3) is 0 Å². The number of urea groups is 1. The first-order valence-corrected chi connectivity index (χ1v) is 11.5. The third kappa shape index (κ3) is 6.12. The molecule has 3 N–H and O–H groups in total. The van der Waals surface area contributed by atoms with E-state index in [0.717, 1.165) is 10.0 Å². The van der Waals surface area contributed by atoms with Crippen molar-refractivity contribution >= 4 is 50.0 Å². The molecule has 0 radical (unpaired) electrons. The Hall–Kier alpha value is -3.29. The van der Waals surface area contributed by atoms with E-state index < -0.39 is 12.1 Å². The molecule has 164 valence electrons. The van der Waals surface area contributed by atoms with Gasteiger partial charge in [0, 0.05) is 15.7 Å². The van der Waals surface area contributed by atoms with Gasteiger partial charge < -0.3 is 10.6 Å². The molecule has 0 unspecified atom stereocenters. The van der Waals surface area contributed by atoms with Crippen LogP contribution in [0, 0.1) is 17.2 Å². The van der Waals surface area contributed by atoms with Gasteiger partial charge in [-0.25, -0.2) is 4.79 Å². The number of nitriles is 1. The Balaban J connectivity index is 1.66. The number of hydrogen-bond donors (Lipinski definition) is 3. The lowest BCUT2D eigenvalue weighted by molar-refractivity contribution is -0.119. The van der Waals surface area contributed by atoms with Gasteiger partial charge in [-0.3, -0.25) is 10.1 Å². The smallest absolute Gasteiger partial charge is 0.319 e. The van der Waals surface area contributed by atoms with Crippen LogP contribution in [0.3, 0.4) is 0 Å². The number of aromatic nitrogens is 2. The molecule has 1 heterocycles. The van der Waals surface area contributed by atoms with Crippen LogP contribution in [0.5, 0.6) is 0 Å². The summed E-state index contributed by atoms with van der Waals surface area (Å²) in [7, 11) is 0. The lowest BCUT2D eigenvalue weighted by atomic mass is 9.98. The molecule has 0 aliphatic carbocycles. The van der Waals surface area contributed by atoms with Crippen LogP contribution in [-0.4, -0.2) is 28.2 Å². The Bertz CT molecular complexity index is 1120. The van der Waals surface area contributed by atoms with Crippen LogP contribution in [-0.2, 0) is 4.79 Å². The van der Waals surface area contributed by atoms with Crippen LogP contribution in [0.4, 0.5) is 15.6 Å². The van der Waals surface area contributed by atoms with E-state index in [9.17, 15) is 9.59 Å². The molecule has 3 rings (SSSR count). The van der Waals surface area contributed by atoms with Crippen LogP contribution in [0.15, 0.2) is 53.0 Å². The molecule has 3 amide bonds. The topological polar surface area (TPSA) is 120 Å². The SMILES string of the molecule is CC[C@H](C)[C@H](NC(=O)Nc1ccc(C#N)cc1)C(=O)Nc1nnc(-c2ccc(Br)cc2)s1. The molecule has 10 heteroatoms. The van der Waals surface area contributed by atoms with Crippen LogP contribution < -0.4 is 16.0 Å². The molecule has 0 saturated carbocycles. The third-order valence-electron chi connectivity index (χ3n) is 4.80. The monoisotopic (exact) mass is 512 g/mol. The average Bonchev–Trinajstić information content (AvgIpc) is 3.26. The van der Waals surface area contributed by atoms with Gasteiger partial charge in [-0.15, -0.1) is 10.2 Å². The van der Waals surface area contributed by atoms with Gasteiger partial charge in [-0.05, 0) is 42.3 Å². The lowest BCUT2D eigenvalue weighted by Gasteiger charge is -2.23. The second-order valence-electron chi connectivity index (χ2n) is 7.06. The maximum Gasteiger partial charge on any atom is 0.319 e. The predicted octanol–water partition coefficient (Wildman–Crippen LogP) is 5.01. The highest BCUT2D eigenvalue weighted by molar-refractivity contribution is 9.10. The largest absolute Gasteiger partial charge is 0.326 e. The van der Waals surface area contributed by atoms with Gasteiger partial charge in [0.05, 0.1) is 11.6 Å². The Morgan fingerprint density at radius 3 is 2.41 bits per heavy atom. The van der Waals surface area contributed by atoms with Crippen molar-refractivity contribution in [1.29, 1.82) is 5.26 Å². The molecule has 0 aliphatic rings. The Morgan fingerprint density at radius 1 is 1.09 bits per heavy atom. The minimum Gasteiger partial charge on any atom is -0.326 e. The molecule has 32 heavy (non-hydrogen) atoms. The predicted molar refractivity (Wildman–Crippen MR) is 128 cm³/mol. The summed E-state index contributed by atoms with van der Waals surface area (Å²) in [5, 5.41) is 26.3. The van der Waals surface area contributed by atoms with Gasteiger partial charge in [0.2, 0.25) is 11.0 Å². The summed E-state index contributed by atoms with van der Waals surface area (Å²) in [6.07, 6.45) is 0.690. The molecular formula is C22H21BrN6O2S. The van der Waals surface area contributed by atoms with Crippen molar-refractivity contribution in [2.24, 2.45) is 5.92 Å². The summed E-state index contributed by atoms with van der Waals surface area (Å²) in [6.45, 7) is 3.83. The van der Waals surface area contributed by atoms with Crippen LogP contribution in [0.25, 0.3) is 10.6 Å². The van der Waals surface area contributed by atoms with E-state index in [1.54, 1.807) is 24.3 Å². The molecule has 3 aromatic rings. The highest BCUT2D eigenvalue weighted by Crippen LogP contribution is 2.27. The number of anilines is 2. The standard InChI is InChI=1S/C22H21BrN6O2S/c1-3-13(2)18(26-21(31)25-17-10-4-14(12-24)5-11-17)19(30)27-22-29-28-20(32-22)15-6-8-16(23)9-7-15/h4-11,13,18H,3H2,1-2H3,(H2,25,26,31)(H,27,29,30)/t13-,18-/m0/s1. The van der Waals surface area contributed by atoms with Crippen molar-refractivity contribution in [3.8, 4) is 16.6 Å². The van der Waals surface area contributed by atoms with Gasteiger partial charge in [0.1, 0.15) is 11.0 Å². The zero-order valence-corrected chi connectivity index (χ0v) is 19.8. The number of hydrogen-bond acceptors (Lipinski definition) is 6. The highest BCUT2D eigenvalue weighted by atomic mass is 79.9. The van der Waals surface area contributed by atoms with E-state index in [1.165, 1.54) is 11.3 Å². The van der Waals surface area contributed by atoms with Crippen molar-refractivity contribution in [2.45, 2.75) is 26.3 Å². The fourth-order valence-corrected chi connectivity index (χ4v) is 3.82. The van der Waals surface area contributed by atoms with E-state index in [1.807, 2.05) is 44.2 Å². The Labute approximate surface area is 198 Å². The summed E-state index contributed by atoms with van der Waals surface area (Å²) in [6, 6.07) is 14.8. The first-order valence-electron chi connectivity index (χ1n) is 9.87. The first kappa shape index (κ1) is 23.4. The molecule has 0 fully saturated rings. The minimum atomic E-state index is -0.765. The number of benzene rings is 2. The van der Waals surface area contributed by atoms with E-state index in [0.29, 0.717) is 27.8 Å². The van der Waals surface area contributed by atoms with Crippen LogP contribution in [0.1, 0.15) is 25.8 Å². The first-order chi connectivity index (χ1) is 15.4. The van der Waals surface area contributed by atoms with Crippen LogP contribution in [0.2, 0.25) is 0 Å². The fraction of sp³-hybridized carbons (Fsp3) is 0.227. The van der Waals surface area contributed by atoms with Crippen molar-refractivity contribution in [2.75, 3.05) is 10.6 Å². The molecule has 0 saturated heterocycles. The Morgan fingerprint density at radius 2 is 1.78 bits per heavy atom. The number of carbonyl (C=O) groups is 2.